The van der Waals surface area contributed by atoms with Crippen LogP contribution in [0.25, 0.3) is 0 Å². The van der Waals surface area contributed by atoms with Crippen LogP contribution in [0.5, 0.6) is 0 Å². The van der Waals surface area contributed by atoms with Crippen molar-refractivity contribution >= 4 is 12.0 Å². The number of ether oxygens (including phenoxy) is 1. The Morgan fingerprint density at radius 2 is 1.77 bits per heavy atom. The summed E-state index contributed by atoms with van der Waals surface area (Å²) in [4.78, 5) is 29.9. The molecule has 1 saturated heterocycles. The summed E-state index contributed by atoms with van der Waals surface area (Å²) in [6, 6.07) is 9.23. The lowest BCUT2D eigenvalue weighted by molar-refractivity contribution is 0.0170. The highest BCUT2D eigenvalue weighted by molar-refractivity contribution is 5.94. The second-order valence-corrected chi connectivity index (χ2v) is 8.96. The molecule has 0 spiro atoms. The maximum Gasteiger partial charge on any atom is 0.411 e. The molecule has 160 valence electrons. The van der Waals surface area contributed by atoms with Gasteiger partial charge in [-0.25, -0.2) is 4.79 Å². The van der Waals surface area contributed by atoms with E-state index >= 15 is 0 Å². The first-order valence-electron chi connectivity index (χ1n) is 10.7. The number of piperidine rings is 1. The Hall–Kier alpha value is -2.83. The molecule has 3 heterocycles. The Morgan fingerprint density at radius 3 is 2.43 bits per heavy atom. The van der Waals surface area contributed by atoms with Crippen LogP contribution in [0.2, 0.25) is 0 Å². The minimum atomic E-state index is -0.611. The van der Waals surface area contributed by atoms with Crippen LogP contribution in [-0.4, -0.2) is 52.2 Å². The van der Waals surface area contributed by atoms with Crippen molar-refractivity contribution in [3.8, 4) is 0 Å². The molecule has 0 aliphatic carbocycles. The number of aromatic nitrogens is 1. The molecule has 0 bridgehead atoms. The number of hydrogen-bond acceptors (Lipinski definition) is 5. The Labute approximate surface area is 177 Å². The second-order valence-electron chi connectivity index (χ2n) is 8.96. The zero-order chi connectivity index (χ0) is 21.3. The minimum absolute atomic E-state index is 0.119. The molecule has 1 atom stereocenters. The normalized spacial score (nSPS) is 19.4. The molecular formula is C23H29N3O4. The fourth-order valence-electron chi connectivity index (χ4n) is 4.20. The summed E-state index contributed by atoms with van der Waals surface area (Å²) in [7, 11) is 0. The highest BCUT2D eigenvalue weighted by atomic mass is 16.6. The van der Waals surface area contributed by atoms with Crippen LogP contribution in [-0.2, 0) is 11.2 Å². The monoisotopic (exact) mass is 411 g/mol. The van der Waals surface area contributed by atoms with Crippen molar-refractivity contribution in [2.45, 2.75) is 58.1 Å². The molecule has 0 N–H and O–H groups in total. The predicted octanol–water partition coefficient (Wildman–Crippen LogP) is 4.18. The van der Waals surface area contributed by atoms with Gasteiger partial charge >= 0.3 is 6.09 Å². The number of amides is 2. The first-order chi connectivity index (χ1) is 14.3. The van der Waals surface area contributed by atoms with Crippen molar-refractivity contribution in [2.75, 3.05) is 19.6 Å². The Morgan fingerprint density at radius 1 is 1.07 bits per heavy atom. The van der Waals surface area contributed by atoms with E-state index in [0.29, 0.717) is 30.0 Å². The number of likely N-dealkylation sites (tertiary alicyclic amines) is 1. The molecule has 0 saturated carbocycles. The first-order valence-corrected chi connectivity index (χ1v) is 10.7. The van der Waals surface area contributed by atoms with Gasteiger partial charge in [0, 0.05) is 26.1 Å². The summed E-state index contributed by atoms with van der Waals surface area (Å²) >= 11 is 0. The van der Waals surface area contributed by atoms with Gasteiger partial charge in [-0.2, -0.15) is 0 Å². The average Bonchev–Trinajstić information content (AvgIpc) is 3.16. The maximum absolute atomic E-state index is 13.3. The van der Waals surface area contributed by atoms with Crippen LogP contribution >= 0.6 is 0 Å². The molecule has 1 unspecified atom stereocenters. The lowest BCUT2D eigenvalue weighted by atomic mass is 9.90. The van der Waals surface area contributed by atoms with E-state index in [1.165, 1.54) is 0 Å². The largest absolute Gasteiger partial charge is 0.444 e. The van der Waals surface area contributed by atoms with Crippen molar-refractivity contribution in [3.63, 3.8) is 0 Å². The van der Waals surface area contributed by atoms with Gasteiger partial charge in [0.25, 0.3) is 5.91 Å². The molecule has 4 rings (SSSR count). The van der Waals surface area contributed by atoms with E-state index in [4.69, 9.17) is 9.26 Å². The first kappa shape index (κ1) is 20.4. The maximum atomic E-state index is 13.3. The van der Waals surface area contributed by atoms with E-state index in [9.17, 15) is 9.59 Å². The van der Waals surface area contributed by atoms with Crippen molar-refractivity contribution in [1.29, 1.82) is 0 Å². The topological polar surface area (TPSA) is 75.9 Å². The molecule has 1 fully saturated rings. The van der Waals surface area contributed by atoms with Gasteiger partial charge in [-0.3, -0.25) is 9.69 Å². The molecule has 2 amide bonds. The third-order valence-corrected chi connectivity index (χ3v) is 5.56. The molecule has 7 nitrogen and oxygen atoms in total. The molecule has 2 aliphatic rings. The summed E-state index contributed by atoms with van der Waals surface area (Å²) in [6.45, 7) is 7.44. The molecule has 2 aromatic rings. The molecular weight excluding hydrogens is 382 g/mol. The summed E-state index contributed by atoms with van der Waals surface area (Å²) in [5, 5.41) is 4.17. The summed E-state index contributed by atoms with van der Waals surface area (Å²) in [5.74, 6) is 0.552. The van der Waals surface area contributed by atoms with Gasteiger partial charge in [0.15, 0.2) is 5.69 Å². The third-order valence-electron chi connectivity index (χ3n) is 5.56. The lowest BCUT2D eigenvalue weighted by Crippen LogP contribution is -2.44. The van der Waals surface area contributed by atoms with Gasteiger partial charge in [-0.15, -0.1) is 0 Å². The van der Waals surface area contributed by atoms with Crippen LogP contribution in [0.3, 0.4) is 0 Å². The number of carbonyl (C=O) groups excluding carboxylic acids is 2. The van der Waals surface area contributed by atoms with Crippen LogP contribution in [0, 0.1) is 0 Å². The number of carbonyl (C=O) groups is 2. The average molecular weight is 412 g/mol. The van der Waals surface area contributed by atoms with Crippen LogP contribution < -0.4 is 0 Å². The molecule has 0 radical (unpaired) electrons. The molecule has 1 aromatic carbocycles. The summed E-state index contributed by atoms with van der Waals surface area (Å²) < 4.78 is 11.3. The number of benzene rings is 1. The zero-order valence-electron chi connectivity index (χ0n) is 17.9. The SMILES string of the molecule is CC(C)(C)OC(=O)N1CCc2onc(C(=O)N3CCCCC3)c2C1c1ccccc1. The van der Waals surface area contributed by atoms with Crippen molar-refractivity contribution in [2.24, 2.45) is 0 Å². The number of nitrogens with zero attached hydrogens (tertiary/aromatic N) is 3. The molecule has 30 heavy (non-hydrogen) atoms. The van der Waals surface area contributed by atoms with Gasteiger partial charge in [0.2, 0.25) is 0 Å². The quantitative estimate of drug-likeness (QED) is 0.741. The molecule has 2 aliphatic heterocycles. The van der Waals surface area contributed by atoms with Gasteiger partial charge in [-0.05, 0) is 45.6 Å². The predicted molar refractivity (Wildman–Crippen MR) is 111 cm³/mol. The smallest absolute Gasteiger partial charge is 0.411 e. The fraction of sp³-hybridized carbons (Fsp3) is 0.522. The van der Waals surface area contributed by atoms with E-state index in [1.54, 1.807) is 4.90 Å². The molecule has 1 aromatic heterocycles. The highest BCUT2D eigenvalue weighted by Gasteiger charge is 2.41. The fourth-order valence-corrected chi connectivity index (χ4v) is 4.20. The minimum Gasteiger partial charge on any atom is -0.444 e. The number of fused-ring (bicyclic) bond motifs is 1. The third kappa shape index (κ3) is 4.06. The van der Waals surface area contributed by atoms with E-state index in [-0.39, 0.29) is 5.91 Å². The van der Waals surface area contributed by atoms with Crippen molar-refractivity contribution in [1.82, 2.24) is 15.0 Å². The van der Waals surface area contributed by atoms with Crippen LogP contribution in [0.1, 0.15) is 73.5 Å². The highest BCUT2D eigenvalue weighted by Crippen LogP contribution is 2.38. The summed E-state index contributed by atoms with van der Waals surface area (Å²) in [5.41, 5.74) is 1.29. The van der Waals surface area contributed by atoms with E-state index in [0.717, 1.165) is 37.9 Å². The van der Waals surface area contributed by atoms with Crippen molar-refractivity contribution < 1.29 is 18.8 Å². The van der Waals surface area contributed by atoms with Crippen molar-refractivity contribution in [3.05, 3.63) is 52.9 Å². The second kappa shape index (κ2) is 8.13. The number of rotatable bonds is 2. The van der Waals surface area contributed by atoms with Gasteiger partial charge in [0.05, 0.1) is 11.6 Å². The van der Waals surface area contributed by atoms with Crippen LogP contribution in [0.15, 0.2) is 34.9 Å². The zero-order valence-corrected chi connectivity index (χ0v) is 17.9. The van der Waals surface area contributed by atoms with E-state index in [2.05, 4.69) is 5.16 Å². The Kier molecular flexibility index (Phi) is 5.54. The molecule has 7 heteroatoms. The van der Waals surface area contributed by atoms with Crippen LogP contribution in [0.4, 0.5) is 4.79 Å². The van der Waals surface area contributed by atoms with Gasteiger partial charge < -0.3 is 14.2 Å². The standard InChI is InChI=1S/C23H29N3O4/c1-23(2,3)29-22(28)26-15-12-17-18(20(26)16-10-6-4-7-11-16)19(24-30-17)21(27)25-13-8-5-9-14-25/h4,6-7,10-11,20H,5,8-9,12-15H2,1-3H3. The Bertz CT molecular complexity index is 910. The van der Waals surface area contributed by atoms with E-state index in [1.807, 2.05) is 56.0 Å². The van der Waals surface area contributed by atoms with Gasteiger partial charge in [0.1, 0.15) is 11.4 Å². The number of hydrogen-bond donors (Lipinski definition) is 0. The Balaban J connectivity index is 1.75. The lowest BCUT2D eigenvalue weighted by Gasteiger charge is -2.36. The summed E-state index contributed by atoms with van der Waals surface area (Å²) in [6.07, 6.45) is 3.23. The van der Waals surface area contributed by atoms with Gasteiger partial charge in [-0.1, -0.05) is 35.5 Å². The van der Waals surface area contributed by atoms with E-state index < -0.39 is 17.7 Å².